The molecule has 9 nitrogen and oxygen atoms in total. The van der Waals surface area contributed by atoms with Crippen LogP contribution in [0.2, 0.25) is 0 Å². The Labute approximate surface area is 221 Å². The van der Waals surface area contributed by atoms with Gasteiger partial charge in [-0.1, -0.05) is 29.4 Å². The zero-order valence-electron chi connectivity index (χ0n) is 21.4. The first-order valence-corrected chi connectivity index (χ1v) is 13.6. The summed E-state index contributed by atoms with van der Waals surface area (Å²) in [6, 6.07) is 11.6. The molecule has 0 saturated carbocycles. The van der Waals surface area contributed by atoms with Crippen LogP contribution in [-0.2, 0) is 21.4 Å². The molecule has 2 aromatic carbocycles. The van der Waals surface area contributed by atoms with Gasteiger partial charge in [-0.05, 0) is 55.7 Å². The quantitative estimate of drug-likeness (QED) is 0.434. The van der Waals surface area contributed by atoms with Gasteiger partial charge in [0.1, 0.15) is 11.5 Å². The maximum absolute atomic E-state index is 14.0. The van der Waals surface area contributed by atoms with Crippen LogP contribution in [0.3, 0.4) is 0 Å². The summed E-state index contributed by atoms with van der Waals surface area (Å²) < 4.78 is 58.0. The molecule has 1 amide bonds. The van der Waals surface area contributed by atoms with Crippen LogP contribution in [0, 0.1) is 18.7 Å². The van der Waals surface area contributed by atoms with E-state index in [1.807, 2.05) is 6.07 Å². The molecule has 1 saturated heterocycles. The molecule has 202 valence electrons. The molecular formula is C27H30FN3O6S. The lowest BCUT2D eigenvalue weighted by Gasteiger charge is -2.30. The average molecular weight is 544 g/mol. The minimum Gasteiger partial charge on any atom is -0.493 e. The largest absolute Gasteiger partial charge is 0.493 e. The summed E-state index contributed by atoms with van der Waals surface area (Å²) in [5.74, 6) is 0.323. The van der Waals surface area contributed by atoms with Crippen molar-refractivity contribution >= 4 is 28.1 Å². The van der Waals surface area contributed by atoms with E-state index in [9.17, 15) is 17.6 Å². The Hall–Kier alpha value is -3.70. The molecule has 0 bridgehead atoms. The van der Waals surface area contributed by atoms with Gasteiger partial charge in [0.05, 0.1) is 14.2 Å². The summed E-state index contributed by atoms with van der Waals surface area (Å²) in [5, 5.41) is 6.75. The number of rotatable bonds is 9. The van der Waals surface area contributed by atoms with E-state index >= 15 is 0 Å². The highest BCUT2D eigenvalue weighted by Crippen LogP contribution is 2.30. The van der Waals surface area contributed by atoms with Crippen LogP contribution in [0.1, 0.15) is 35.4 Å². The van der Waals surface area contributed by atoms with Crippen molar-refractivity contribution in [3.8, 4) is 11.5 Å². The number of benzene rings is 2. The first-order valence-electron chi connectivity index (χ1n) is 12.1. The first kappa shape index (κ1) is 27.3. The van der Waals surface area contributed by atoms with Crippen LogP contribution in [0.4, 0.5) is 4.39 Å². The maximum atomic E-state index is 14.0. The lowest BCUT2D eigenvalue weighted by Crippen LogP contribution is -2.43. The predicted octanol–water partition coefficient (Wildman–Crippen LogP) is 4.03. The summed E-state index contributed by atoms with van der Waals surface area (Å²) in [5.41, 5.74) is 1.37. The Kier molecular flexibility index (Phi) is 8.48. The van der Waals surface area contributed by atoms with E-state index in [1.165, 1.54) is 22.5 Å². The van der Waals surface area contributed by atoms with Crippen LogP contribution in [0.25, 0.3) is 12.2 Å². The number of methoxy groups -OCH3 is 2. The maximum Gasteiger partial charge on any atom is 0.248 e. The molecule has 0 atom stereocenters. The van der Waals surface area contributed by atoms with Crippen LogP contribution in [-0.4, -0.2) is 51.1 Å². The van der Waals surface area contributed by atoms with Gasteiger partial charge in [0.2, 0.25) is 15.9 Å². The predicted molar refractivity (Wildman–Crippen MR) is 139 cm³/mol. The number of halogens is 1. The highest BCUT2D eigenvalue weighted by Gasteiger charge is 2.35. The number of nitrogens with zero attached hydrogens (tertiary/aromatic N) is 2. The molecule has 0 spiro atoms. The second kappa shape index (κ2) is 11.8. The fourth-order valence-corrected chi connectivity index (χ4v) is 6.11. The molecule has 1 aliphatic rings. The molecule has 2 heterocycles. The Morgan fingerprint density at radius 1 is 1.13 bits per heavy atom. The SMILES string of the molecule is COc1ccc(CNC(=O)C2CCN(S(=O)(=O)c3c(C)noc3C=Cc3ccccc3F)CC2)cc1OC. The molecule has 1 fully saturated rings. The number of aromatic nitrogens is 1. The second-order valence-electron chi connectivity index (χ2n) is 8.90. The Morgan fingerprint density at radius 2 is 1.84 bits per heavy atom. The molecular weight excluding hydrogens is 513 g/mol. The van der Waals surface area contributed by atoms with Crippen molar-refractivity contribution in [3.05, 3.63) is 70.9 Å². The molecule has 11 heteroatoms. The highest BCUT2D eigenvalue weighted by molar-refractivity contribution is 7.89. The van der Waals surface area contributed by atoms with Gasteiger partial charge in [0, 0.05) is 31.1 Å². The molecule has 3 aromatic rings. The van der Waals surface area contributed by atoms with Crippen molar-refractivity contribution in [2.75, 3.05) is 27.3 Å². The van der Waals surface area contributed by atoms with Gasteiger partial charge in [-0.2, -0.15) is 4.31 Å². The molecule has 0 aliphatic carbocycles. The van der Waals surface area contributed by atoms with Gasteiger partial charge in [0.15, 0.2) is 22.2 Å². The summed E-state index contributed by atoms with van der Waals surface area (Å²) >= 11 is 0. The summed E-state index contributed by atoms with van der Waals surface area (Å²) in [6.45, 7) is 2.22. The number of ether oxygens (including phenoxy) is 2. The van der Waals surface area contributed by atoms with E-state index in [2.05, 4.69) is 10.5 Å². The van der Waals surface area contributed by atoms with Gasteiger partial charge in [-0.25, -0.2) is 12.8 Å². The third-order valence-electron chi connectivity index (χ3n) is 6.49. The second-order valence-corrected chi connectivity index (χ2v) is 10.8. The normalized spacial score (nSPS) is 15.1. The minimum atomic E-state index is -3.94. The zero-order valence-corrected chi connectivity index (χ0v) is 22.3. The highest BCUT2D eigenvalue weighted by atomic mass is 32.2. The van der Waals surface area contributed by atoms with E-state index in [4.69, 9.17) is 14.0 Å². The van der Waals surface area contributed by atoms with E-state index in [-0.39, 0.29) is 41.3 Å². The van der Waals surface area contributed by atoms with Crippen molar-refractivity contribution in [3.63, 3.8) is 0 Å². The van der Waals surface area contributed by atoms with Crippen molar-refractivity contribution in [2.45, 2.75) is 31.2 Å². The minimum absolute atomic E-state index is 0.0283. The molecule has 38 heavy (non-hydrogen) atoms. The van der Waals surface area contributed by atoms with Gasteiger partial charge in [-0.15, -0.1) is 0 Å². The molecule has 1 N–H and O–H groups in total. The fourth-order valence-electron chi connectivity index (χ4n) is 4.39. The average Bonchev–Trinajstić information content (AvgIpc) is 3.32. The standard InChI is InChI=1S/C27H30FN3O6S/c1-18-26(24(37-30-18)11-9-20-6-4-5-7-22(20)28)38(33,34)31-14-12-21(13-15-31)27(32)29-17-19-8-10-23(35-2)25(16-19)36-3/h4-11,16,21H,12-15,17H2,1-3H3,(H,29,32). The first-order chi connectivity index (χ1) is 18.2. The number of carbonyl (C=O) groups excluding carboxylic acids is 1. The van der Waals surface area contributed by atoms with Crippen LogP contribution in [0.5, 0.6) is 11.5 Å². The van der Waals surface area contributed by atoms with Crippen molar-refractivity contribution in [1.82, 2.24) is 14.8 Å². The third-order valence-corrected chi connectivity index (χ3v) is 8.55. The Morgan fingerprint density at radius 3 is 2.53 bits per heavy atom. The topological polar surface area (TPSA) is 111 Å². The van der Waals surface area contributed by atoms with Crippen molar-refractivity contribution < 1.29 is 31.6 Å². The molecule has 4 rings (SSSR count). The van der Waals surface area contributed by atoms with E-state index in [1.54, 1.807) is 51.5 Å². The smallest absolute Gasteiger partial charge is 0.248 e. The Bertz CT molecular complexity index is 1430. The fraction of sp³-hybridized carbons (Fsp3) is 0.333. The number of nitrogens with one attached hydrogen (secondary N) is 1. The number of aryl methyl sites for hydroxylation is 1. The van der Waals surface area contributed by atoms with Crippen LogP contribution >= 0.6 is 0 Å². The summed E-state index contributed by atoms with van der Waals surface area (Å²) in [4.78, 5) is 12.7. The molecule has 1 aliphatic heterocycles. The molecule has 0 unspecified atom stereocenters. The molecule has 0 radical (unpaired) electrons. The van der Waals surface area contributed by atoms with Gasteiger partial charge >= 0.3 is 0 Å². The van der Waals surface area contributed by atoms with Crippen molar-refractivity contribution in [2.24, 2.45) is 5.92 Å². The Balaban J connectivity index is 1.39. The number of amides is 1. The van der Waals surface area contributed by atoms with E-state index in [0.717, 1.165) is 5.56 Å². The lowest BCUT2D eigenvalue weighted by molar-refractivity contribution is -0.126. The van der Waals surface area contributed by atoms with Crippen LogP contribution < -0.4 is 14.8 Å². The van der Waals surface area contributed by atoms with Gasteiger partial charge < -0.3 is 19.3 Å². The zero-order chi connectivity index (χ0) is 27.3. The summed E-state index contributed by atoms with van der Waals surface area (Å²) in [7, 11) is -0.836. The van der Waals surface area contributed by atoms with Gasteiger partial charge in [-0.3, -0.25) is 4.79 Å². The number of hydrogen-bond donors (Lipinski definition) is 1. The van der Waals surface area contributed by atoms with E-state index in [0.29, 0.717) is 36.4 Å². The van der Waals surface area contributed by atoms with Crippen molar-refractivity contribution in [1.29, 1.82) is 0 Å². The number of sulfonamides is 1. The van der Waals surface area contributed by atoms with Gasteiger partial charge in [0.25, 0.3) is 0 Å². The van der Waals surface area contributed by atoms with Crippen LogP contribution in [0.15, 0.2) is 51.9 Å². The third kappa shape index (κ3) is 5.89. The molecule has 1 aromatic heterocycles. The summed E-state index contributed by atoms with van der Waals surface area (Å²) in [6.07, 6.45) is 3.60. The number of hydrogen-bond acceptors (Lipinski definition) is 7. The van der Waals surface area contributed by atoms with E-state index < -0.39 is 15.8 Å². The monoisotopic (exact) mass is 543 g/mol. The lowest BCUT2D eigenvalue weighted by atomic mass is 9.97. The number of carbonyl (C=O) groups is 1. The number of piperidine rings is 1.